The van der Waals surface area contributed by atoms with Crippen molar-refractivity contribution in [3.8, 4) is 5.75 Å². The molecule has 2 fully saturated rings. The molecule has 0 heterocycles. The van der Waals surface area contributed by atoms with E-state index in [9.17, 15) is 34.8 Å². The standard InChI is InChI=1S/C30H43N3O7/c1-32(2)21-13-17(10-9-16-7-5-6-8-16)27(37)26-19(21)11-18-12-20(22(15-34)33(3)4)30(40,23(35)14-24(31)36)29(39)25(18)28(26)38/h13,16,18,20,22,34,37-38,40H,5-12,14-15H2,1-4H3,(H2,31,36)/t18-,20-,22+,30+/m0/s1. The molecule has 40 heavy (non-hydrogen) atoms. The number of Topliss-reactive ketones (excluding diaryl/α,β-unsaturated/α-hetero) is 2. The third-order valence-corrected chi connectivity index (χ3v) is 9.33. The Bertz CT molecular complexity index is 1220. The molecule has 0 aliphatic heterocycles. The molecule has 0 aromatic heterocycles. The molecule has 3 aliphatic rings. The molecule has 4 rings (SSSR count). The Morgan fingerprint density at radius 1 is 1.15 bits per heavy atom. The van der Waals surface area contributed by atoms with Crippen LogP contribution in [0.4, 0.5) is 5.69 Å². The Labute approximate surface area is 235 Å². The molecule has 2 saturated carbocycles. The summed E-state index contributed by atoms with van der Waals surface area (Å²) in [5.41, 5.74) is 4.78. The molecule has 1 amide bonds. The van der Waals surface area contributed by atoms with Gasteiger partial charge in [0.05, 0.1) is 18.6 Å². The number of phenols is 1. The minimum Gasteiger partial charge on any atom is -0.507 e. The van der Waals surface area contributed by atoms with Crippen molar-refractivity contribution < 1.29 is 34.8 Å². The highest BCUT2D eigenvalue weighted by atomic mass is 16.3. The van der Waals surface area contributed by atoms with E-state index in [1.165, 1.54) is 25.7 Å². The summed E-state index contributed by atoms with van der Waals surface area (Å²) < 4.78 is 0. The third-order valence-electron chi connectivity index (χ3n) is 9.33. The fraction of sp³-hybridized carbons (Fsp3) is 0.633. The zero-order valence-corrected chi connectivity index (χ0v) is 23.9. The minimum atomic E-state index is -2.68. The van der Waals surface area contributed by atoms with Crippen LogP contribution in [0.25, 0.3) is 5.76 Å². The number of phenolic OH excluding ortho intramolecular Hbond substituents is 1. The van der Waals surface area contributed by atoms with Crippen LogP contribution in [0.15, 0.2) is 11.6 Å². The van der Waals surface area contributed by atoms with Crippen LogP contribution in [0.3, 0.4) is 0 Å². The second-order valence-electron chi connectivity index (χ2n) is 12.2. The molecule has 4 atom stereocenters. The Hall–Kier alpha value is -2.95. The van der Waals surface area contributed by atoms with Crippen molar-refractivity contribution >= 4 is 28.9 Å². The van der Waals surface area contributed by atoms with E-state index in [1.807, 2.05) is 25.1 Å². The van der Waals surface area contributed by atoms with Gasteiger partial charge < -0.3 is 36.0 Å². The number of likely N-dealkylation sites (N-methyl/N-ethyl adjacent to an activating group) is 1. The van der Waals surface area contributed by atoms with Gasteiger partial charge >= 0.3 is 0 Å². The second kappa shape index (κ2) is 11.5. The van der Waals surface area contributed by atoms with Gasteiger partial charge in [-0.25, -0.2) is 0 Å². The Balaban J connectivity index is 1.86. The summed E-state index contributed by atoms with van der Waals surface area (Å²) in [4.78, 5) is 42.5. The van der Waals surface area contributed by atoms with Crippen molar-refractivity contribution in [3.05, 3.63) is 28.3 Å². The lowest BCUT2D eigenvalue weighted by Crippen LogP contribution is -2.64. The quantitative estimate of drug-likeness (QED) is 0.269. The molecule has 1 aromatic rings. The molecule has 0 bridgehead atoms. The molecule has 10 nitrogen and oxygen atoms in total. The number of amides is 1. The van der Waals surface area contributed by atoms with Crippen LogP contribution in [-0.2, 0) is 27.2 Å². The fourth-order valence-corrected chi connectivity index (χ4v) is 7.20. The Morgan fingerprint density at radius 2 is 1.80 bits per heavy atom. The molecule has 220 valence electrons. The van der Waals surface area contributed by atoms with E-state index >= 15 is 0 Å². The number of benzene rings is 1. The molecule has 0 saturated heterocycles. The van der Waals surface area contributed by atoms with E-state index in [4.69, 9.17) is 5.73 Å². The number of aliphatic hydroxyl groups is 3. The van der Waals surface area contributed by atoms with Gasteiger partial charge in [0.25, 0.3) is 0 Å². The van der Waals surface area contributed by atoms with Crippen molar-refractivity contribution in [2.24, 2.45) is 23.5 Å². The average molecular weight is 558 g/mol. The van der Waals surface area contributed by atoms with Crippen molar-refractivity contribution in [2.45, 2.75) is 69.4 Å². The molecule has 0 spiro atoms. The lowest BCUT2D eigenvalue weighted by atomic mass is 9.59. The van der Waals surface area contributed by atoms with Crippen LogP contribution in [-0.4, -0.2) is 89.2 Å². The summed E-state index contributed by atoms with van der Waals surface area (Å²) in [7, 11) is 7.10. The monoisotopic (exact) mass is 557 g/mol. The molecule has 3 aliphatic carbocycles. The van der Waals surface area contributed by atoms with Crippen LogP contribution in [0, 0.1) is 17.8 Å². The first kappa shape index (κ1) is 30.0. The first-order valence-electron chi connectivity index (χ1n) is 14.2. The van der Waals surface area contributed by atoms with Crippen molar-refractivity contribution in [1.82, 2.24) is 4.90 Å². The highest BCUT2D eigenvalue weighted by Gasteiger charge is 2.60. The van der Waals surface area contributed by atoms with Crippen molar-refractivity contribution in [1.29, 1.82) is 0 Å². The number of carbonyl (C=O) groups excluding carboxylic acids is 3. The lowest BCUT2D eigenvalue weighted by Gasteiger charge is -2.47. The fourth-order valence-electron chi connectivity index (χ4n) is 7.20. The van der Waals surface area contributed by atoms with Gasteiger partial charge in [-0.15, -0.1) is 0 Å². The van der Waals surface area contributed by atoms with Gasteiger partial charge in [0.1, 0.15) is 11.5 Å². The molecular formula is C30H43N3O7. The maximum atomic E-state index is 14.1. The predicted molar refractivity (Wildman–Crippen MR) is 151 cm³/mol. The number of hydrogen-bond acceptors (Lipinski definition) is 9. The number of aliphatic hydroxyl groups excluding tert-OH is 2. The number of anilines is 1. The molecule has 10 heteroatoms. The molecule has 0 unspecified atom stereocenters. The predicted octanol–water partition coefficient (Wildman–Crippen LogP) is 1.71. The van der Waals surface area contributed by atoms with Crippen LogP contribution in [0.5, 0.6) is 5.75 Å². The molecule has 0 radical (unpaired) electrons. The van der Waals surface area contributed by atoms with Crippen LogP contribution in [0.2, 0.25) is 0 Å². The second-order valence-corrected chi connectivity index (χ2v) is 12.2. The topological polar surface area (TPSA) is 165 Å². The highest BCUT2D eigenvalue weighted by molar-refractivity contribution is 6.23. The summed E-state index contributed by atoms with van der Waals surface area (Å²) >= 11 is 0. The zero-order valence-electron chi connectivity index (χ0n) is 23.9. The first-order valence-corrected chi connectivity index (χ1v) is 14.2. The number of primary amides is 1. The van der Waals surface area contributed by atoms with E-state index in [0.29, 0.717) is 23.5 Å². The smallest absolute Gasteiger partial charge is 0.225 e. The number of hydrogen-bond donors (Lipinski definition) is 5. The number of carbonyl (C=O) groups is 3. The van der Waals surface area contributed by atoms with E-state index in [1.54, 1.807) is 19.0 Å². The van der Waals surface area contributed by atoms with Crippen molar-refractivity contribution in [3.63, 3.8) is 0 Å². The van der Waals surface area contributed by atoms with Crippen molar-refractivity contribution in [2.75, 3.05) is 39.7 Å². The largest absolute Gasteiger partial charge is 0.507 e. The van der Waals surface area contributed by atoms with Crippen LogP contribution < -0.4 is 10.6 Å². The summed E-state index contributed by atoms with van der Waals surface area (Å²) in [6, 6.07) is 1.17. The van der Waals surface area contributed by atoms with Gasteiger partial charge in [-0.05, 0) is 68.8 Å². The normalized spacial score (nSPS) is 25.6. The minimum absolute atomic E-state index is 0.0893. The zero-order chi connectivity index (χ0) is 29.5. The maximum absolute atomic E-state index is 14.1. The van der Waals surface area contributed by atoms with Gasteiger partial charge in [-0.3, -0.25) is 14.4 Å². The van der Waals surface area contributed by atoms with Gasteiger partial charge in [-0.1, -0.05) is 25.7 Å². The summed E-state index contributed by atoms with van der Waals surface area (Å²) in [5, 5.41) is 45.0. The van der Waals surface area contributed by atoms with Gasteiger partial charge in [-0.2, -0.15) is 0 Å². The van der Waals surface area contributed by atoms with Gasteiger partial charge in [0.2, 0.25) is 11.7 Å². The summed E-state index contributed by atoms with van der Waals surface area (Å²) in [6.45, 7) is -0.445. The summed E-state index contributed by atoms with van der Waals surface area (Å²) in [6.07, 6.45) is 5.80. The third kappa shape index (κ3) is 5.12. The van der Waals surface area contributed by atoms with E-state index < -0.39 is 59.7 Å². The number of aryl methyl sites for hydroxylation is 1. The maximum Gasteiger partial charge on any atom is 0.225 e. The number of fused-ring (bicyclic) bond motifs is 2. The van der Waals surface area contributed by atoms with E-state index in [2.05, 4.69) is 0 Å². The number of nitrogens with two attached hydrogens (primary N) is 1. The first-order chi connectivity index (χ1) is 18.8. The Morgan fingerprint density at radius 3 is 2.35 bits per heavy atom. The molecule has 1 aromatic carbocycles. The van der Waals surface area contributed by atoms with Gasteiger partial charge in [0, 0.05) is 37.3 Å². The molecule has 6 N–H and O–H groups in total. The number of rotatable bonds is 10. The highest BCUT2D eigenvalue weighted by Crippen LogP contribution is 2.51. The van der Waals surface area contributed by atoms with Crippen LogP contribution in [0.1, 0.15) is 61.6 Å². The lowest BCUT2D eigenvalue weighted by molar-refractivity contribution is -0.163. The number of nitrogens with zero attached hydrogens (tertiary/aromatic N) is 2. The molecular weight excluding hydrogens is 514 g/mol. The SMILES string of the molecule is CN(C)c1cc(CCC2CCCC2)c(O)c2c1C[C@H]1C[C@@H]([C@@H](CO)N(C)C)[C@@](O)(C(=O)CC(N)=O)C(=O)C1=C2O. The number of ketones is 2. The van der Waals surface area contributed by atoms with Crippen LogP contribution >= 0.6 is 0 Å². The Kier molecular flexibility index (Phi) is 8.63. The van der Waals surface area contributed by atoms with E-state index in [-0.39, 0.29) is 29.7 Å². The average Bonchev–Trinajstić information content (AvgIpc) is 3.39. The summed E-state index contributed by atoms with van der Waals surface area (Å²) in [5.74, 6) is -4.66. The number of aromatic hydroxyl groups is 1. The van der Waals surface area contributed by atoms with Gasteiger partial charge in [0.15, 0.2) is 11.4 Å². The van der Waals surface area contributed by atoms with E-state index in [0.717, 1.165) is 12.1 Å².